The molecule has 0 unspecified atom stereocenters. The average Bonchev–Trinajstić information content (AvgIpc) is 2.29. The first-order valence-corrected chi connectivity index (χ1v) is 6.39. The first-order valence-electron chi connectivity index (χ1n) is 6.39. The van der Waals surface area contributed by atoms with E-state index in [4.69, 9.17) is 0 Å². The van der Waals surface area contributed by atoms with Gasteiger partial charge in [-0.2, -0.15) is 0 Å². The molecular formula is C12H26N4O. The fourth-order valence-electron chi connectivity index (χ4n) is 1.11. The van der Waals surface area contributed by atoms with Crippen LogP contribution in [0, 0.1) is 5.92 Å². The minimum atomic E-state index is -0.0337. The summed E-state index contributed by atoms with van der Waals surface area (Å²) in [7, 11) is 0. The van der Waals surface area contributed by atoms with Gasteiger partial charge in [-0.3, -0.25) is 4.79 Å². The molecule has 0 fully saturated rings. The van der Waals surface area contributed by atoms with Gasteiger partial charge in [0.1, 0.15) is 6.54 Å². The smallest absolute Gasteiger partial charge is 0.241 e. The van der Waals surface area contributed by atoms with Crippen molar-refractivity contribution in [3.63, 3.8) is 0 Å². The van der Waals surface area contributed by atoms with Gasteiger partial charge in [0.15, 0.2) is 5.96 Å². The number of carbonyl (C=O) groups is 1. The molecule has 0 atom stereocenters. The second kappa shape index (κ2) is 9.93. The van der Waals surface area contributed by atoms with Gasteiger partial charge in [0.25, 0.3) is 0 Å². The molecule has 0 aromatic heterocycles. The molecule has 17 heavy (non-hydrogen) atoms. The highest BCUT2D eigenvalue weighted by Crippen LogP contribution is 1.87. The van der Waals surface area contributed by atoms with Gasteiger partial charge in [0, 0.05) is 19.6 Å². The molecule has 0 rings (SSSR count). The van der Waals surface area contributed by atoms with E-state index in [1.807, 2.05) is 13.8 Å². The van der Waals surface area contributed by atoms with Gasteiger partial charge in [-0.15, -0.1) is 0 Å². The van der Waals surface area contributed by atoms with Gasteiger partial charge in [0.05, 0.1) is 0 Å². The lowest BCUT2D eigenvalue weighted by Gasteiger charge is -2.12. The minimum absolute atomic E-state index is 0.0337. The van der Waals surface area contributed by atoms with Crippen LogP contribution in [0.4, 0.5) is 0 Å². The molecule has 0 aromatic carbocycles. The van der Waals surface area contributed by atoms with Crippen molar-refractivity contribution in [2.24, 2.45) is 10.9 Å². The van der Waals surface area contributed by atoms with Crippen molar-refractivity contribution in [2.75, 3.05) is 26.2 Å². The van der Waals surface area contributed by atoms with E-state index in [0.29, 0.717) is 18.4 Å². The summed E-state index contributed by atoms with van der Waals surface area (Å²) in [6.45, 7) is 10.8. The molecule has 0 spiro atoms. The summed E-state index contributed by atoms with van der Waals surface area (Å²) < 4.78 is 0. The summed E-state index contributed by atoms with van der Waals surface area (Å²) in [6.07, 6.45) is 0.946. The third kappa shape index (κ3) is 9.66. The van der Waals surface area contributed by atoms with Gasteiger partial charge in [-0.25, -0.2) is 4.99 Å². The van der Waals surface area contributed by atoms with Crippen LogP contribution in [0.2, 0.25) is 0 Å². The zero-order valence-electron chi connectivity index (χ0n) is 11.5. The average molecular weight is 242 g/mol. The van der Waals surface area contributed by atoms with Crippen molar-refractivity contribution >= 4 is 11.9 Å². The maximum Gasteiger partial charge on any atom is 0.241 e. The van der Waals surface area contributed by atoms with E-state index in [9.17, 15) is 4.79 Å². The lowest BCUT2D eigenvalue weighted by molar-refractivity contribution is -0.119. The van der Waals surface area contributed by atoms with Crippen molar-refractivity contribution in [1.82, 2.24) is 16.0 Å². The van der Waals surface area contributed by atoms with E-state index in [2.05, 4.69) is 34.8 Å². The van der Waals surface area contributed by atoms with Gasteiger partial charge >= 0.3 is 0 Å². The van der Waals surface area contributed by atoms with Gasteiger partial charge in [-0.1, -0.05) is 20.8 Å². The minimum Gasteiger partial charge on any atom is -0.357 e. The van der Waals surface area contributed by atoms with E-state index < -0.39 is 0 Å². The first kappa shape index (κ1) is 15.7. The van der Waals surface area contributed by atoms with Crippen LogP contribution < -0.4 is 16.0 Å². The number of hydrogen-bond acceptors (Lipinski definition) is 2. The molecule has 0 bridgehead atoms. The summed E-state index contributed by atoms with van der Waals surface area (Å²) in [5.74, 6) is 1.22. The van der Waals surface area contributed by atoms with Crippen molar-refractivity contribution in [1.29, 1.82) is 0 Å². The zero-order valence-corrected chi connectivity index (χ0v) is 11.5. The van der Waals surface area contributed by atoms with E-state index in [-0.39, 0.29) is 12.5 Å². The summed E-state index contributed by atoms with van der Waals surface area (Å²) in [4.78, 5) is 15.6. The van der Waals surface area contributed by atoms with E-state index >= 15 is 0 Å². The predicted molar refractivity (Wildman–Crippen MR) is 72.1 cm³/mol. The van der Waals surface area contributed by atoms with Crippen LogP contribution in [0.3, 0.4) is 0 Å². The Bertz CT molecular complexity index is 239. The predicted octanol–water partition coefficient (Wildman–Crippen LogP) is 0.724. The number of amides is 1. The molecule has 1 amide bonds. The number of guanidine groups is 1. The molecule has 5 nitrogen and oxygen atoms in total. The van der Waals surface area contributed by atoms with Crippen LogP contribution in [0.15, 0.2) is 4.99 Å². The van der Waals surface area contributed by atoms with Crippen molar-refractivity contribution < 1.29 is 4.79 Å². The van der Waals surface area contributed by atoms with Gasteiger partial charge in [0.2, 0.25) is 5.91 Å². The normalized spacial score (nSPS) is 11.5. The Labute approximate surface area is 104 Å². The van der Waals surface area contributed by atoms with E-state index in [0.717, 1.165) is 19.5 Å². The van der Waals surface area contributed by atoms with Crippen LogP contribution in [-0.2, 0) is 4.79 Å². The Morgan fingerprint density at radius 3 is 2.41 bits per heavy atom. The summed E-state index contributed by atoms with van der Waals surface area (Å²) in [5.41, 5.74) is 0. The van der Waals surface area contributed by atoms with Crippen molar-refractivity contribution in [3.05, 3.63) is 0 Å². The molecule has 0 saturated heterocycles. The van der Waals surface area contributed by atoms with Crippen LogP contribution in [-0.4, -0.2) is 38.0 Å². The zero-order chi connectivity index (χ0) is 13.1. The van der Waals surface area contributed by atoms with E-state index in [1.54, 1.807) is 0 Å². The van der Waals surface area contributed by atoms with Crippen LogP contribution >= 0.6 is 0 Å². The highest BCUT2D eigenvalue weighted by Gasteiger charge is 2.01. The van der Waals surface area contributed by atoms with Gasteiger partial charge < -0.3 is 16.0 Å². The molecule has 3 N–H and O–H groups in total. The maximum atomic E-state index is 11.4. The second-order valence-corrected chi connectivity index (χ2v) is 4.32. The number of hydrogen-bond donors (Lipinski definition) is 3. The van der Waals surface area contributed by atoms with Gasteiger partial charge in [-0.05, 0) is 19.3 Å². The Balaban J connectivity index is 4.05. The quantitative estimate of drug-likeness (QED) is 0.455. The Morgan fingerprint density at radius 1 is 1.18 bits per heavy atom. The van der Waals surface area contributed by atoms with Crippen LogP contribution in [0.1, 0.15) is 34.1 Å². The summed E-state index contributed by atoms with van der Waals surface area (Å²) >= 11 is 0. The topological polar surface area (TPSA) is 65.5 Å². The summed E-state index contributed by atoms with van der Waals surface area (Å²) in [5, 5.41) is 9.09. The largest absolute Gasteiger partial charge is 0.357 e. The highest BCUT2D eigenvalue weighted by molar-refractivity contribution is 5.84. The highest BCUT2D eigenvalue weighted by atomic mass is 16.1. The molecule has 0 saturated carbocycles. The molecule has 0 aliphatic carbocycles. The molecular weight excluding hydrogens is 216 g/mol. The second-order valence-electron chi connectivity index (χ2n) is 4.32. The maximum absolute atomic E-state index is 11.4. The molecule has 100 valence electrons. The van der Waals surface area contributed by atoms with Crippen molar-refractivity contribution in [2.45, 2.75) is 34.1 Å². The standard InChI is InChI=1S/C12H26N4O/c1-5-7-14-11(17)9-16-12(13-6-2)15-8-10(3)4/h10H,5-9H2,1-4H3,(H,14,17)(H2,13,15,16). The molecule has 5 heteroatoms. The first-order chi connectivity index (χ1) is 8.10. The molecule has 0 aliphatic rings. The Morgan fingerprint density at radius 2 is 1.88 bits per heavy atom. The molecule has 0 aliphatic heterocycles. The molecule has 0 aromatic rings. The van der Waals surface area contributed by atoms with Crippen LogP contribution in [0.5, 0.6) is 0 Å². The molecule has 0 heterocycles. The van der Waals surface area contributed by atoms with E-state index in [1.165, 1.54) is 0 Å². The Hall–Kier alpha value is -1.26. The number of nitrogens with one attached hydrogen (secondary N) is 3. The summed E-state index contributed by atoms with van der Waals surface area (Å²) in [6, 6.07) is 0. The Kier molecular flexibility index (Phi) is 9.19. The third-order valence-electron chi connectivity index (χ3n) is 1.97. The monoisotopic (exact) mass is 242 g/mol. The van der Waals surface area contributed by atoms with Crippen LogP contribution in [0.25, 0.3) is 0 Å². The third-order valence-corrected chi connectivity index (χ3v) is 1.97. The molecule has 0 radical (unpaired) electrons. The lowest BCUT2D eigenvalue weighted by atomic mass is 10.2. The number of nitrogens with zero attached hydrogens (tertiary/aromatic N) is 1. The fraction of sp³-hybridized carbons (Fsp3) is 0.833. The fourth-order valence-corrected chi connectivity index (χ4v) is 1.11. The number of carbonyl (C=O) groups excluding carboxylic acids is 1. The number of aliphatic imine (C=N–C) groups is 1. The lowest BCUT2D eigenvalue weighted by Crippen LogP contribution is -2.40. The SMILES string of the molecule is CCCNC(=O)CN=C(NCC)NCC(C)C. The number of rotatable bonds is 7. The van der Waals surface area contributed by atoms with Crippen molar-refractivity contribution in [3.8, 4) is 0 Å².